The molecule has 19 heavy (non-hydrogen) atoms. The van der Waals surface area contributed by atoms with Gasteiger partial charge < -0.3 is 5.32 Å². The van der Waals surface area contributed by atoms with Crippen LogP contribution in [0.1, 0.15) is 42.9 Å². The molecule has 1 aromatic heterocycles. The highest BCUT2D eigenvalue weighted by Crippen LogP contribution is 2.29. The van der Waals surface area contributed by atoms with E-state index in [9.17, 15) is 0 Å². The largest absolute Gasteiger partial charge is 0.301 e. The molecule has 2 unspecified atom stereocenters. The molecule has 0 radical (unpaired) electrons. The molecule has 0 aliphatic carbocycles. The zero-order chi connectivity index (χ0) is 13.8. The minimum atomic E-state index is 0.125. The van der Waals surface area contributed by atoms with Crippen LogP contribution in [-0.4, -0.2) is 4.98 Å². The zero-order valence-corrected chi connectivity index (χ0v) is 13.2. The molecule has 1 heterocycles. The number of thiazole rings is 1. The van der Waals surface area contributed by atoms with Crippen molar-refractivity contribution >= 4 is 34.5 Å². The molecule has 0 aliphatic heterocycles. The molecule has 1 aromatic carbocycles. The molecule has 0 fully saturated rings. The number of aromatic nitrogens is 1. The van der Waals surface area contributed by atoms with E-state index in [2.05, 4.69) is 24.1 Å². The van der Waals surface area contributed by atoms with Crippen LogP contribution in [-0.2, 0) is 0 Å². The lowest BCUT2D eigenvalue weighted by Gasteiger charge is -2.22. The van der Waals surface area contributed by atoms with Gasteiger partial charge in [0.25, 0.3) is 0 Å². The van der Waals surface area contributed by atoms with Crippen LogP contribution in [0.3, 0.4) is 0 Å². The fourth-order valence-electron chi connectivity index (χ4n) is 2.01. The Morgan fingerprint density at radius 1 is 1.37 bits per heavy atom. The van der Waals surface area contributed by atoms with E-state index < -0.39 is 0 Å². The number of nitrogens with zero attached hydrogens (tertiary/aromatic N) is 1. The Hall–Kier alpha value is -0.610. The van der Waals surface area contributed by atoms with Crippen molar-refractivity contribution in [1.29, 1.82) is 0 Å². The van der Waals surface area contributed by atoms with E-state index in [1.165, 1.54) is 0 Å². The number of halogens is 2. The fourth-order valence-corrected chi connectivity index (χ4v) is 3.25. The van der Waals surface area contributed by atoms with Gasteiger partial charge in [-0.1, -0.05) is 30.1 Å². The summed E-state index contributed by atoms with van der Waals surface area (Å²) in [6.07, 6.45) is 2.82. The van der Waals surface area contributed by atoms with Gasteiger partial charge in [0.2, 0.25) is 0 Å². The molecule has 0 saturated carbocycles. The van der Waals surface area contributed by atoms with Crippen molar-refractivity contribution in [2.24, 2.45) is 0 Å². The van der Waals surface area contributed by atoms with Gasteiger partial charge in [0.05, 0.1) is 6.04 Å². The van der Waals surface area contributed by atoms with E-state index in [4.69, 9.17) is 23.2 Å². The highest BCUT2D eigenvalue weighted by atomic mass is 35.5. The molecule has 0 bridgehead atoms. The quantitative estimate of drug-likeness (QED) is 0.815. The Bertz CT molecular complexity index is 528. The second kappa shape index (κ2) is 6.71. The van der Waals surface area contributed by atoms with Crippen molar-refractivity contribution in [3.8, 4) is 0 Å². The smallest absolute Gasteiger partial charge is 0.109 e. The molecule has 2 aromatic rings. The molecular weight excluding hydrogens is 299 g/mol. The number of hydrogen-bond donors (Lipinski definition) is 1. The summed E-state index contributed by atoms with van der Waals surface area (Å²) >= 11 is 13.9. The van der Waals surface area contributed by atoms with E-state index in [-0.39, 0.29) is 12.1 Å². The van der Waals surface area contributed by atoms with Gasteiger partial charge >= 0.3 is 0 Å². The maximum atomic E-state index is 6.23. The lowest BCUT2D eigenvalue weighted by atomic mass is 10.1. The van der Waals surface area contributed by atoms with Crippen LogP contribution in [0.2, 0.25) is 10.0 Å². The van der Waals surface area contributed by atoms with E-state index in [1.54, 1.807) is 17.4 Å². The first-order chi connectivity index (χ1) is 9.11. The summed E-state index contributed by atoms with van der Waals surface area (Å²) in [6, 6.07) is 5.92. The SMILES string of the molecule is CCC(NC(C)c1cc(Cl)ccc1Cl)c1nccs1. The number of nitrogens with one attached hydrogen (secondary N) is 1. The standard InChI is InChI=1S/C14H16Cl2N2S/c1-3-13(14-17-6-7-19-14)18-9(2)11-8-10(15)4-5-12(11)16/h4-9,13,18H,3H2,1-2H3. The van der Waals surface area contributed by atoms with Gasteiger partial charge in [-0.05, 0) is 37.1 Å². The van der Waals surface area contributed by atoms with E-state index >= 15 is 0 Å². The van der Waals surface area contributed by atoms with Crippen molar-refractivity contribution in [1.82, 2.24) is 10.3 Å². The maximum Gasteiger partial charge on any atom is 0.109 e. The predicted octanol–water partition coefficient (Wildman–Crippen LogP) is 5.25. The Kier molecular flexibility index (Phi) is 5.22. The lowest BCUT2D eigenvalue weighted by Crippen LogP contribution is -2.24. The molecule has 2 nitrogen and oxygen atoms in total. The van der Waals surface area contributed by atoms with E-state index in [0.29, 0.717) is 5.02 Å². The van der Waals surface area contributed by atoms with Gasteiger partial charge in [-0.15, -0.1) is 11.3 Å². The van der Waals surface area contributed by atoms with Crippen LogP contribution in [0.25, 0.3) is 0 Å². The molecule has 0 amide bonds. The minimum Gasteiger partial charge on any atom is -0.301 e. The fraction of sp³-hybridized carbons (Fsp3) is 0.357. The van der Waals surface area contributed by atoms with Gasteiger partial charge in [0.1, 0.15) is 5.01 Å². The number of rotatable bonds is 5. The number of hydrogen-bond acceptors (Lipinski definition) is 3. The molecule has 0 aliphatic rings. The van der Waals surface area contributed by atoms with Gasteiger partial charge in [0, 0.05) is 27.7 Å². The molecule has 1 N–H and O–H groups in total. The van der Waals surface area contributed by atoms with Gasteiger partial charge in [-0.3, -0.25) is 0 Å². The van der Waals surface area contributed by atoms with Crippen molar-refractivity contribution in [3.63, 3.8) is 0 Å². The van der Waals surface area contributed by atoms with Crippen LogP contribution in [0.5, 0.6) is 0 Å². The molecular formula is C14H16Cl2N2S. The predicted molar refractivity (Wildman–Crippen MR) is 83.2 cm³/mol. The van der Waals surface area contributed by atoms with Crippen molar-refractivity contribution in [3.05, 3.63) is 50.4 Å². The molecule has 0 saturated heterocycles. The molecule has 5 heteroatoms. The Morgan fingerprint density at radius 3 is 2.79 bits per heavy atom. The van der Waals surface area contributed by atoms with Gasteiger partial charge in [0.15, 0.2) is 0 Å². The Morgan fingerprint density at radius 2 is 2.16 bits per heavy atom. The summed E-state index contributed by atoms with van der Waals surface area (Å²) in [6.45, 7) is 4.24. The summed E-state index contributed by atoms with van der Waals surface area (Å²) in [5.41, 5.74) is 1.02. The molecule has 102 valence electrons. The third kappa shape index (κ3) is 3.69. The average molecular weight is 315 g/mol. The molecule has 0 spiro atoms. The Labute approximate surface area is 127 Å². The van der Waals surface area contributed by atoms with Crippen LogP contribution < -0.4 is 5.32 Å². The van der Waals surface area contributed by atoms with Crippen molar-refractivity contribution in [2.45, 2.75) is 32.4 Å². The average Bonchev–Trinajstić information content (AvgIpc) is 2.92. The third-order valence-corrected chi connectivity index (χ3v) is 4.50. The van der Waals surface area contributed by atoms with Crippen LogP contribution >= 0.6 is 34.5 Å². The number of benzene rings is 1. The molecule has 2 atom stereocenters. The first kappa shape index (κ1) is 14.8. The van der Waals surface area contributed by atoms with Crippen LogP contribution in [0.4, 0.5) is 0 Å². The minimum absolute atomic E-state index is 0.125. The van der Waals surface area contributed by atoms with Crippen LogP contribution in [0.15, 0.2) is 29.8 Å². The van der Waals surface area contributed by atoms with Crippen LogP contribution in [0, 0.1) is 0 Å². The monoisotopic (exact) mass is 314 g/mol. The summed E-state index contributed by atoms with van der Waals surface area (Å²) in [5.74, 6) is 0. The summed E-state index contributed by atoms with van der Waals surface area (Å²) in [5, 5.41) is 8.10. The summed E-state index contributed by atoms with van der Waals surface area (Å²) < 4.78 is 0. The third-order valence-electron chi connectivity index (χ3n) is 3.03. The van der Waals surface area contributed by atoms with Gasteiger partial charge in [-0.25, -0.2) is 4.98 Å². The summed E-state index contributed by atoms with van der Waals surface area (Å²) in [4.78, 5) is 4.37. The lowest BCUT2D eigenvalue weighted by molar-refractivity contribution is 0.455. The van der Waals surface area contributed by atoms with E-state index in [0.717, 1.165) is 22.0 Å². The van der Waals surface area contributed by atoms with Crippen molar-refractivity contribution in [2.75, 3.05) is 0 Å². The Balaban J connectivity index is 2.15. The van der Waals surface area contributed by atoms with Gasteiger partial charge in [-0.2, -0.15) is 0 Å². The summed E-state index contributed by atoms with van der Waals surface area (Å²) in [7, 11) is 0. The van der Waals surface area contributed by atoms with E-state index in [1.807, 2.05) is 23.7 Å². The normalized spacial score (nSPS) is 14.3. The van der Waals surface area contributed by atoms with Crippen molar-refractivity contribution < 1.29 is 0 Å². The molecule has 2 rings (SSSR count). The second-order valence-electron chi connectivity index (χ2n) is 4.39. The highest BCUT2D eigenvalue weighted by molar-refractivity contribution is 7.09. The first-order valence-electron chi connectivity index (χ1n) is 6.22. The first-order valence-corrected chi connectivity index (χ1v) is 7.85. The maximum absolute atomic E-state index is 6.23. The second-order valence-corrected chi connectivity index (χ2v) is 6.16. The highest BCUT2D eigenvalue weighted by Gasteiger charge is 2.17. The zero-order valence-electron chi connectivity index (χ0n) is 10.9. The topological polar surface area (TPSA) is 24.9 Å².